The summed E-state index contributed by atoms with van der Waals surface area (Å²) in [6.45, 7) is 0. The van der Waals surface area contributed by atoms with E-state index in [0.29, 0.717) is 17.1 Å². The predicted molar refractivity (Wildman–Crippen MR) is 64.8 cm³/mol. The van der Waals surface area contributed by atoms with Gasteiger partial charge in [0.2, 0.25) is 0 Å². The predicted octanol–water partition coefficient (Wildman–Crippen LogP) is 1.30. The van der Waals surface area contributed by atoms with Gasteiger partial charge in [0.15, 0.2) is 5.82 Å². The second-order valence-electron chi connectivity index (χ2n) is 3.38. The molecule has 2 heterocycles. The number of aromatic nitrogens is 3. The number of nitrogens with two attached hydrogens (primary N) is 1. The van der Waals surface area contributed by atoms with Crippen molar-refractivity contribution in [2.75, 3.05) is 11.1 Å². The van der Waals surface area contributed by atoms with Gasteiger partial charge in [-0.1, -0.05) is 11.6 Å². The Morgan fingerprint density at radius 1 is 1.53 bits per heavy atom. The van der Waals surface area contributed by atoms with E-state index in [-0.39, 0.29) is 10.9 Å². The highest BCUT2D eigenvalue weighted by molar-refractivity contribution is 6.34. The van der Waals surface area contributed by atoms with E-state index in [1.807, 2.05) is 0 Å². The van der Waals surface area contributed by atoms with E-state index in [2.05, 4.69) is 15.4 Å². The molecule has 0 aromatic carbocycles. The van der Waals surface area contributed by atoms with Crippen LogP contribution >= 0.6 is 11.6 Å². The van der Waals surface area contributed by atoms with Gasteiger partial charge in [0.05, 0.1) is 22.5 Å². The third-order valence-corrected chi connectivity index (χ3v) is 2.52. The minimum Gasteiger partial charge on any atom is -0.394 e. The van der Waals surface area contributed by atoms with Gasteiger partial charge in [0, 0.05) is 19.4 Å². The van der Waals surface area contributed by atoms with E-state index in [9.17, 15) is 4.79 Å². The number of carbonyl (C=O) groups excluding carboxylic acids is 1. The summed E-state index contributed by atoms with van der Waals surface area (Å²) in [5.41, 5.74) is 6.39. The van der Waals surface area contributed by atoms with Crippen LogP contribution in [0.3, 0.4) is 0 Å². The lowest BCUT2D eigenvalue weighted by Crippen LogP contribution is -2.16. The lowest BCUT2D eigenvalue weighted by molar-refractivity contribution is 0.102. The van der Waals surface area contributed by atoms with Crippen molar-refractivity contribution >= 4 is 29.0 Å². The first-order valence-corrected chi connectivity index (χ1v) is 5.15. The molecule has 0 saturated heterocycles. The Bertz CT molecular complexity index is 546. The number of hydrogen-bond donors (Lipinski definition) is 2. The first-order chi connectivity index (χ1) is 8.09. The van der Waals surface area contributed by atoms with Crippen molar-refractivity contribution in [3.8, 4) is 0 Å². The number of amides is 1. The highest BCUT2D eigenvalue weighted by Gasteiger charge is 2.13. The Morgan fingerprint density at radius 2 is 2.29 bits per heavy atom. The molecule has 0 fully saturated rings. The fraction of sp³-hybridized carbons (Fsp3) is 0.100. The smallest absolute Gasteiger partial charge is 0.258 e. The van der Waals surface area contributed by atoms with E-state index < -0.39 is 0 Å². The number of pyridine rings is 1. The van der Waals surface area contributed by atoms with E-state index in [4.69, 9.17) is 17.3 Å². The van der Waals surface area contributed by atoms with E-state index in [1.165, 1.54) is 29.3 Å². The van der Waals surface area contributed by atoms with Crippen LogP contribution in [-0.4, -0.2) is 20.7 Å². The average Bonchev–Trinajstić information content (AvgIpc) is 2.61. The molecule has 0 aliphatic rings. The number of nitrogen functional groups attached to an aromatic ring is 1. The van der Waals surface area contributed by atoms with Crippen LogP contribution in [0.1, 0.15) is 10.4 Å². The molecule has 0 aliphatic heterocycles. The summed E-state index contributed by atoms with van der Waals surface area (Å²) in [6.07, 6.45) is 4.36. The first-order valence-electron chi connectivity index (χ1n) is 4.78. The molecule has 0 spiro atoms. The Labute approximate surface area is 102 Å². The quantitative estimate of drug-likeness (QED) is 0.842. The van der Waals surface area contributed by atoms with Gasteiger partial charge in [-0.05, 0) is 6.07 Å². The molecule has 0 atom stereocenters. The molecule has 2 aromatic heterocycles. The van der Waals surface area contributed by atoms with Gasteiger partial charge in [-0.2, -0.15) is 5.10 Å². The van der Waals surface area contributed by atoms with Crippen LogP contribution in [0.15, 0.2) is 24.7 Å². The lowest BCUT2D eigenvalue weighted by Gasteiger charge is -2.07. The fourth-order valence-corrected chi connectivity index (χ4v) is 1.55. The largest absolute Gasteiger partial charge is 0.394 e. The van der Waals surface area contributed by atoms with Crippen LogP contribution in [0.25, 0.3) is 0 Å². The lowest BCUT2D eigenvalue weighted by atomic mass is 10.2. The van der Waals surface area contributed by atoms with E-state index >= 15 is 0 Å². The maximum Gasteiger partial charge on any atom is 0.258 e. The summed E-state index contributed by atoms with van der Waals surface area (Å²) in [5.74, 6) is 0.0792. The van der Waals surface area contributed by atoms with Crippen LogP contribution in [0.5, 0.6) is 0 Å². The maximum atomic E-state index is 11.9. The zero-order chi connectivity index (χ0) is 12.4. The van der Waals surface area contributed by atoms with Crippen molar-refractivity contribution in [1.82, 2.24) is 14.8 Å². The number of carbonyl (C=O) groups is 1. The Hall–Kier alpha value is -2.08. The number of anilines is 2. The summed E-state index contributed by atoms with van der Waals surface area (Å²) >= 11 is 5.86. The number of rotatable bonds is 2. The zero-order valence-electron chi connectivity index (χ0n) is 9.01. The van der Waals surface area contributed by atoms with Crippen molar-refractivity contribution in [2.24, 2.45) is 7.05 Å². The SMILES string of the molecule is Cn1ncc(N)c1NC(=O)c1ccncc1Cl. The molecule has 2 rings (SSSR count). The Morgan fingerprint density at radius 3 is 2.88 bits per heavy atom. The summed E-state index contributed by atoms with van der Waals surface area (Å²) < 4.78 is 1.47. The van der Waals surface area contributed by atoms with E-state index in [0.717, 1.165) is 0 Å². The monoisotopic (exact) mass is 251 g/mol. The van der Waals surface area contributed by atoms with Crippen molar-refractivity contribution in [2.45, 2.75) is 0 Å². The van der Waals surface area contributed by atoms with Crippen LogP contribution in [0.4, 0.5) is 11.5 Å². The van der Waals surface area contributed by atoms with Crippen LogP contribution in [-0.2, 0) is 7.05 Å². The number of nitrogens with zero attached hydrogens (tertiary/aromatic N) is 3. The van der Waals surface area contributed by atoms with Crippen LogP contribution < -0.4 is 11.1 Å². The minimum atomic E-state index is -0.354. The Balaban J connectivity index is 2.27. The molecule has 88 valence electrons. The summed E-state index contributed by atoms with van der Waals surface area (Å²) in [7, 11) is 1.68. The normalized spacial score (nSPS) is 10.2. The molecule has 1 amide bonds. The highest BCUT2D eigenvalue weighted by Crippen LogP contribution is 2.19. The maximum absolute atomic E-state index is 11.9. The van der Waals surface area contributed by atoms with Gasteiger partial charge in [-0.15, -0.1) is 0 Å². The number of aryl methyl sites for hydroxylation is 1. The highest BCUT2D eigenvalue weighted by atomic mass is 35.5. The third-order valence-electron chi connectivity index (χ3n) is 2.22. The molecular weight excluding hydrogens is 242 g/mol. The van der Waals surface area contributed by atoms with E-state index in [1.54, 1.807) is 7.05 Å². The van der Waals surface area contributed by atoms with Crippen LogP contribution in [0, 0.1) is 0 Å². The van der Waals surface area contributed by atoms with Crippen molar-refractivity contribution in [3.63, 3.8) is 0 Å². The molecule has 2 aromatic rings. The minimum absolute atomic E-state index is 0.283. The topological polar surface area (TPSA) is 85.8 Å². The van der Waals surface area contributed by atoms with Crippen molar-refractivity contribution in [1.29, 1.82) is 0 Å². The molecule has 0 saturated carbocycles. The molecular formula is C10H10ClN5O. The molecule has 6 nitrogen and oxygen atoms in total. The van der Waals surface area contributed by atoms with Gasteiger partial charge in [0.25, 0.3) is 5.91 Å². The molecule has 0 unspecified atom stereocenters. The number of halogens is 1. The second kappa shape index (κ2) is 4.42. The fourth-order valence-electron chi connectivity index (χ4n) is 1.34. The van der Waals surface area contributed by atoms with Gasteiger partial charge < -0.3 is 11.1 Å². The van der Waals surface area contributed by atoms with Gasteiger partial charge in [-0.25, -0.2) is 0 Å². The molecule has 7 heteroatoms. The van der Waals surface area contributed by atoms with Gasteiger partial charge in [-0.3, -0.25) is 14.5 Å². The van der Waals surface area contributed by atoms with Crippen molar-refractivity contribution < 1.29 is 4.79 Å². The second-order valence-corrected chi connectivity index (χ2v) is 3.79. The number of hydrogen-bond acceptors (Lipinski definition) is 4. The third kappa shape index (κ3) is 2.21. The molecule has 0 bridgehead atoms. The van der Waals surface area contributed by atoms with Gasteiger partial charge >= 0.3 is 0 Å². The summed E-state index contributed by atoms with van der Waals surface area (Å²) in [4.78, 5) is 15.7. The summed E-state index contributed by atoms with van der Waals surface area (Å²) in [6, 6.07) is 1.53. The van der Waals surface area contributed by atoms with Crippen LogP contribution in [0.2, 0.25) is 5.02 Å². The standard InChI is InChI=1S/C10H10ClN5O/c1-16-9(8(12)5-14-16)15-10(17)6-2-3-13-4-7(6)11/h2-5H,12H2,1H3,(H,15,17). The van der Waals surface area contributed by atoms with Crippen molar-refractivity contribution in [3.05, 3.63) is 35.2 Å². The molecule has 3 N–H and O–H groups in total. The average molecular weight is 252 g/mol. The van der Waals surface area contributed by atoms with Gasteiger partial charge in [0.1, 0.15) is 0 Å². The zero-order valence-corrected chi connectivity index (χ0v) is 9.77. The molecule has 0 radical (unpaired) electrons. The molecule has 0 aliphatic carbocycles. The summed E-state index contributed by atoms with van der Waals surface area (Å²) in [5, 5.41) is 6.84. The molecule has 17 heavy (non-hydrogen) atoms. The first kappa shape index (κ1) is 11.4. The Kier molecular flexibility index (Phi) is 2.97. The number of nitrogens with one attached hydrogen (secondary N) is 1.